The van der Waals surface area contributed by atoms with E-state index in [0.29, 0.717) is 11.3 Å². The Balaban J connectivity index is 2.24. The van der Waals surface area contributed by atoms with Crippen molar-refractivity contribution in [1.82, 2.24) is 9.78 Å². The molecule has 0 amide bonds. The van der Waals surface area contributed by atoms with Gasteiger partial charge in [-0.15, -0.1) is 0 Å². The topological polar surface area (TPSA) is 43.8 Å². The molecule has 96 valence electrons. The van der Waals surface area contributed by atoms with Crippen LogP contribution < -0.4 is 5.73 Å². The Morgan fingerprint density at radius 1 is 1.28 bits per heavy atom. The van der Waals surface area contributed by atoms with Crippen molar-refractivity contribution in [2.24, 2.45) is 0 Å². The van der Waals surface area contributed by atoms with E-state index in [-0.39, 0.29) is 6.54 Å². The van der Waals surface area contributed by atoms with E-state index in [1.165, 1.54) is 18.2 Å². The Bertz CT molecular complexity index is 560. The Hall–Kier alpha value is -2.05. The summed E-state index contributed by atoms with van der Waals surface area (Å²) in [5, 5.41) is 3.57. The lowest BCUT2D eigenvalue weighted by Gasteiger charge is -2.06. The first kappa shape index (κ1) is 12.4. The van der Waals surface area contributed by atoms with Gasteiger partial charge in [-0.2, -0.15) is 18.3 Å². The molecule has 1 aromatic carbocycles. The average molecular weight is 259 g/mol. The van der Waals surface area contributed by atoms with Crippen LogP contribution >= 0.6 is 0 Å². The lowest BCUT2D eigenvalue weighted by molar-refractivity contribution is -0.137. The summed E-state index contributed by atoms with van der Waals surface area (Å²) >= 11 is 0. The molecule has 0 aliphatic rings. The summed E-state index contributed by atoms with van der Waals surface area (Å²) in [6.45, 7) is -0.0142. The van der Waals surface area contributed by atoms with Crippen LogP contribution in [0, 0.1) is 5.82 Å². The second-order valence-corrected chi connectivity index (χ2v) is 3.77. The van der Waals surface area contributed by atoms with E-state index in [9.17, 15) is 17.6 Å². The second kappa shape index (κ2) is 4.32. The van der Waals surface area contributed by atoms with Crippen molar-refractivity contribution >= 4 is 5.69 Å². The minimum atomic E-state index is -4.44. The third kappa shape index (κ3) is 2.61. The number of nitrogen functional groups attached to an aromatic ring is 1. The zero-order valence-electron chi connectivity index (χ0n) is 9.08. The Labute approximate surface area is 99.8 Å². The maximum atomic E-state index is 13.0. The van der Waals surface area contributed by atoms with Crippen molar-refractivity contribution in [2.75, 3.05) is 5.73 Å². The molecule has 0 fully saturated rings. The van der Waals surface area contributed by atoms with Gasteiger partial charge in [0.05, 0.1) is 18.3 Å². The van der Waals surface area contributed by atoms with E-state index in [4.69, 9.17) is 5.73 Å². The zero-order chi connectivity index (χ0) is 13.3. The molecule has 0 spiro atoms. The summed E-state index contributed by atoms with van der Waals surface area (Å²) in [5.41, 5.74) is 5.44. The van der Waals surface area contributed by atoms with Crippen LogP contribution in [-0.2, 0) is 12.7 Å². The lowest BCUT2D eigenvalue weighted by Crippen LogP contribution is -2.05. The molecule has 0 atom stereocenters. The number of benzene rings is 1. The molecule has 1 aromatic heterocycles. The van der Waals surface area contributed by atoms with Crippen LogP contribution in [-0.4, -0.2) is 9.78 Å². The first-order valence-corrected chi connectivity index (χ1v) is 5.00. The van der Waals surface area contributed by atoms with Crippen molar-refractivity contribution in [1.29, 1.82) is 0 Å². The average Bonchev–Trinajstić information content (AvgIpc) is 2.71. The van der Waals surface area contributed by atoms with Crippen LogP contribution in [0.5, 0.6) is 0 Å². The van der Waals surface area contributed by atoms with Gasteiger partial charge in [-0.1, -0.05) is 0 Å². The normalized spacial score (nSPS) is 11.8. The van der Waals surface area contributed by atoms with E-state index >= 15 is 0 Å². The largest absolute Gasteiger partial charge is 0.419 e. The van der Waals surface area contributed by atoms with E-state index in [1.54, 1.807) is 0 Å². The predicted molar refractivity (Wildman–Crippen MR) is 57.1 cm³/mol. The van der Waals surface area contributed by atoms with Crippen LogP contribution in [0.2, 0.25) is 0 Å². The van der Waals surface area contributed by atoms with Crippen LogP contribution in [0.3, 0.4) is 0 Å². The number of nitrogens with zero attached hydrogens (tertiary/aromatic N) is 2. The highest BCUT2D eigenvalue weighted by Crippen LogP contribution is 2.28. The number of anilines is 1. The third-order valence-electron chi connectivity index (χ3n) is 2.40. The molecule has 2 N–H and O–H groups in total. The Morgan fingerprint density at radius 3 is 2.61 bits per heavy atom. The Morgan fingerprint density at radius 2 is 2.00 bits per heavy atom. The highest BCUT2D eigenvalue weighted by Gasteiger charge is 2.32. The SMILES string of the molecule is Nc1ccc(F)cc1Cn1cc(C(F)(F)F)cn1. The van der Waals surface area contributed by atoms with Crippen LogP contribution in [0.1, 0.15) is 11.1 Å². The molecule has 0 saturated carbocycles. The van der Waals surface area contributed by atoms with E-state index in [0.717, 1.165) is 17.1 Å². The van der Waals surface area contributed by atoms with Gasteiger partial charge < -0.3 is 5.73 Å². The molecule has 0 unspecified atom stereocenters. The summed E-state index contributed by atoms with van der Waals surface area (Å²) in [6, 6.07) is 3.71. The van der Waals surface area contributed by atoms with E-state index in [2.05, 4.69) is 5.10 Å². The van der Waals surface area contributed by atoms with Gasteiger partial charge in [0.25, 0.3) is 0 Å². The molecule has 2 rings (SSSR count). The monoisotopic (exact) mass is 259 g/mol. The lowest BCUT2D eigenvalue weighted by atomic mass is 10.2. The molecule has 7 heteroatoms. The molecule has 18 heavy (non-hydrogen) atoms. The molecule has 0 aliphatic heterocycles. The molecule has 2 aromatic rings. The van der Waals surface area contributed by atoms with Gasteiger partial charge >= 0.3 is 6.18 Å². The van der Waals surface area contributed by atoms with Crippen molar-refractivity contribution in [3.8, 4) is 0 Å². The first-order valence-electron chi connectivity index (χ1n) is 5.00. The fraction of sp³-hybridized carbons (Fsp3) is 0.182. The van der Waals surface area contributed by atoms with Gasteiger partial charge in [0.1, 0.15) is 5.82 Å². The molecule has 0 bridgehead atoms. The minimum absolute atomic E-state index is 0.0142. The molecule has 0 radical (unpaired) electrons. The smallest absolute Gasteiger partial charge is 0.398 e. The van der Waals surface area contributed by atoms with E-state index < -0.39 is 17.6 Å². The summed E-state index contributed by atoms with van der Waals surface area (Å²) in [5.74, 6) is -0.498. The predicted octanol–water partition coefficient (Wildman–Crippen LogP) is 2.67. The van der Waals surface area contributed by atoms with Gasteiger partial charge in [0, 0.05) is 11.9 Å². The standard InChI is InChI=1S/C11H9F4N3/c12-9-1-2-10(16)7(3-9)5-18-6-8(4-17-18)11(13,14)15/h1-4,6H,5,16H2. The summed E-state index contributed by atoms with van der Waals surface area (Å²) in [6.07, 6.45) is -2.87. The number of rotatable bonds is 2. The third-order valence-corrected chi connectivity index (χ3v) is 2.40. The summed E-state index contributed by atoms with van der Waals surface area (Å²) < 4.78 is 51.1. The number of nitrogens with two attached hydrogens (primary N) is 1. The van der Waals surface area contributed by atoms with Gasteiger partial charge in [0.2, 0.25) is 0 Å². The van der Waals surface area contributed by atoms with E-state index in [1.807, 2.05) is 0 Å². The van der Waals surface area contributed by atoms with Gasteiger partial charge in [0.15, 0.2) is 0 Å². The maximum absolute atomic E-state index is 13.0. The molecular weight excluding hydrogens is 250 g/mol. The number of halogens is 4. The van der Waals surface area contributed by atoms with Gasteiger partial charge in [-0.05, 0) is 23.8 Å². The first-order chi connectivity index (χ1) is 8.36. The number of hydrogen-bond acceptors (Lipinski definition) is 2. The van der Waals surface area contributed by atoms with Crippen molar-refractivity contribution in [2.45, 2.75) is 12.7 Å². The fourth-order valence-electron chi connectivity index (χ4n) is 1.48. The summed E-state index contributed by atoms with van der Waals surface area (Å²) in [4.78, 5) is 0. The van der Waals surface area contributed by atoms with Crippen LogP contribution in [0.25, 0.3) is 0 Å². The number of hydrogen-bond donors (Lipinski definition) is 1. The molecule has 3 nitrogen and oxygen atoms in total. The fourth-order valence-corrected chi connectivity index (χ4v) is 1.48. The number of alkyl halides is 3. The van der Waals surface area contributed by atoms with Crippen molar-refractivity contribution in [3.05, 3.63) is 47.5 Å². The second-order valence-electron chi connectivity index (χ2n) is 3.77. The van der Waals surface area contributed by atoms with Crippen molar-refractivity contribution in [3.63, 3.8) is 0 Å². The molecule has 0 saturated heterocycles. The van der Waals surface area contributed by atoms with Crippen LogP contribution in [0.15, 0.2) is 30.6 Å². The van der Waals surface area contributed by atoms with Crippen molar-refractivity contribution < 1.29 is 17.6 Å². The highest BCUT2D eigenvalue weighted by atomic mass is 19.4. The van der Waals surface area contributed by atoms with Gasteiger partial charge in [-0.3, -0.25) is 4.68 Å². The number of aromatic nitrogens is 2. The Kier molecular flexibility index (Phi) is 2.98. The van der Waals surface area contributed by atoms with Gasteiger partial charge in [-0.25, -0.2) is 4.39 Å². The summed E-state index contributed by atoms with van der Waals surface area (Å²) in [7, 11) is 0. The van der Waals surface area contributed by atoms with Crippen LogP contribution in [0.4, 0.5) is 23.2 Å². The minimum Gasteiger partial charge on any atom is -0.398 e. The molecular formula is C11H9F4N3. The maximum Gasteiger partial charge on any atom is 0.419 e. The molecule has 1 heterocycles. The zero-order valence-corrected chi connectivity index (χ0v) is 9.08. The quantitative estimate of drug-likeness (QED) is 0.665. The highest BCUT2D eigenvalue weighted by molar-refractivity contribution is 5.46. The molecule has 0 aliphatic carbocycles.